The fraction of sp³-hybridized carbons (Fsp3) is 0.364. The maximum Gasteiger partial charge on any atom is 0.253 e. The number of carbonyl (C=O) groups excluding carboxylic acids is 2. The zero-order valence-electron chi connectivity index (χ0n) is 16.2. The Kier molecular flexibility index (Phi) is 6.25. The average molecular weight is 401 g/mol. The number of hydrogen-bond donors (Lipinski definition) is 1. The number of hydrogen-bond acceptors (Lipinski definition) is 3. The van der Waals surface area contributed by atoms with E-state index in [1.807, 2.05) is 31.2 Å². The third kappa shape index (κ3) is 4.65. The van der Waals surface area contributed by atoms with Crippen molar-refractivity contribution in [3.63, 3.8) is 0 Å². The second-order valence-electron chi connectivity index (χ2n) is 7.43. The fourth-order valence-corrected chi connectivity index (χ4v) is 3.68. The van der Waals surface area contributed by atoms with Crippen LogP contribution in [0.1, 0.15) is 35.7 Å². The Morgan fingerprint density at radius 3 is 2.68 bits per heavy atom. The molecule has 1 saturated heterocycles. The van der Waals surface area contributed by atoms with Crippen molar-refractivity contribution in [3.05, 3.63) is 64.7 Å². The van der Waals surface area contributed by atoms with Crippen molar-refractivity contribution >= 4 is 23.4 Å². The van der Waals surface area contributed by atoms with Gasteiger partial charge in [-0.25, -0.2) is 0 Å². The Balaban J connectivity index is 1.64. The molecular weight excluding hydrogens is 376 g/mol. The van der Waals surface area contributed by atoms with Crippen molar-refractivity contribution in [2.45, 2.75) is 26.3 Å². The van der Waals surface area contributed by atoms with E-state index in [0.717, 1.165) is 24.2 Å². The van der Waals surface area contributed by atoms with E-state index in [1.165, 1.54) is 0 Å². The van der Waals surface area contributed by atoms with Crippen LogP contribution in [0.15, 0.2) is 48.5 Å². The second kappa shape index (κ2) is 8.65. The van der Waals surface area contributed by atoms with E-state index in [9.17, 15) is 9.59 Å². The first-order chi connectivity index (χ1) is 13.4. The molecule has 2 amide bonds. The Hall–Kier alpha value is -2.53. The summed E-state index contributed by atoms with van der Waals surface area (Å²) in [7, 11) is 1.62. The summed E-state index contributed by atoms with van der Waals surface area (Å²) in [5.41, 5.74) is 0.950. The van der Waals surface area contributed by atoms with Gasteiger partial charge in [0.05, 0.1) is 12.5 Å². The Bertz CT molecular complexity index is 853. The number of methoxy groups -OCH3 is 1. The smallest absolute Gasteiger partial charge is 0.253 e. The highest BCUT2D eigenvalue weighted by Gasteiger charge is 2.39. The average Bonchev–Trinajstić information content (AvgIpc) is 2.72. The highest BCUT2D eigenvalue weighted by atomic mass is 35.5. The van der Waals surface area contributed by atoms with Crippen LogP contribution in [0, 0.1) is 5.41 Å². The number of halogens is 1. The van der Waals surface area contributed by atoms with Crippen molar-refractivity contribution in [1.29, 1.82) is 0 Å². The Labute approximate surface area is 170 Å². The minimum atomic E-state index is -0.612. The van der Waals surface area contributed by atoms with E-state index in [0.29, 0.717) is 30.2 Å². The first-order valence-electron chi connectivity index (χ1n) is 9.37. The molecule has 1 heterocycles. The van der Waals surface area contributed by atoms with E-state index in [-0.39, 0.29) is 11.8 Å². The monoisotopic (exact) mass is 400 g/mol. The molecule has 1 aliphatic heterocycles. The summed E-state index contributed by atoms with van der Waals surface area (Å²) in [6.45, 7) is 3.41. The van der Waals surface area contributed by atoms with Gasteiger partial charge in [-0.3, -0.25) is 9.59 Å². The van der Waals surface area contributed by atoms with E-state index >= 15 is 0 Å². The lowest BCUT2D eigenvalue weighted by atomic mass is 9.80. The van der Waals surface area contributed by atoms with Crippen molar-refractivity contribution < 1.29 is 14.3 Å². The lowest BCUT2D eigenvalue weighted by Crippen LogP contribution is -2.51. The molecule has 5 nitrogen and oxygen atoms in total. The first kappa shape index (κ1) is 20.2. The minimum Gasteiger partial charge on any atom is -0.497 e. The molecule has 0 spiro atoms. The number of amides is 2. The quantitative estimate of drug-likeness (QED) is 0.827. The summed E-state index contributed by atoms with van der Waals surface area (Å²) < 4.78 is 5.22. The first-order valence-corrected chi connectivity index (χ1v) is 9.75. The summed E-state index contributed by atoms with van der Waals surface area (Å²) in [4.78, 5) is 27.5. The molecule has 148 valence electrons. The predicted octanol–water partition coefficient (Wildman–Crippen LogP) is 3.91. The van der Waals surface area contributed by atoms with Crippen molar-refractivity contribution in [1.82, 2.24) is 10.2 Å². The van der Waals surface area contributed by atoms with Gasteiger partial charge in [0.25, 0.3) is 5.91 Å². The van der Waals surface area contributed by atoms with E-state index in [1.54, 1.807) is 36.3 Å². The Morgan fingerprint density at radius 2 is 1.96 bits per heavy atom. The van der Waals surface area contributed by atoms with Crippen LogP contribution >= 0.6 is 11.6 Å². The van der Waals surface area contributed by atoms with Gasteiger partial charge >= 0.3 is 0 Å². The normalized spacial score (nSPS) is 19.2. The van der Waals surface area contributed by atoms with Crippen LogP contribution in [0.4, 0.5) is 0 Å². The number of piperidine rings is 1. The van der Waals surface area contributed by atoms with Gasteiger partial charge in [-0.15, -0.1) is 0 Å². The van der Waals surface area contributed by atoms with Gasteiger partial charge in [0.2, 0.25) is 5.91 Å². The molecule has 0 saturated carbocycles. The molecule has 1 N–H and O–H groups in total. The zero-order valence-corrected chi connectivity index (χ0v) is 17.0. The number of likely N-dealkylation sites (tertiary alicyclic amines) is 1. The molecule has 2 aromatic rings. The lowest BCUT2D eigenvalue weighted by molar-refractivity contribution is -0.132. The number of nitrogens with zero attached hydrogens (tertiary/aromatic N) is 1. The second-order valence-corrected chi connectivity index (χ2v) is 7.87. The topological polar surface area (TPSA) is 58.6 Å². The molecule has 3 rings (SSSR count). The van der Waals surface area contributed by atoms with Gasteiger partial charge < -0.3 is 15.0 Å². The SMILES string of the molecule is COc1cccc(CNC(=O)[C@@]2(C)CCCN(C(=O)c3ccc(Cl)cc3)C2)c1. The van der Waals surface area contributed by atoms with E-state index in [2.05, 4.69) is 5.32 Å². The summed E-state index contributed by atoms with van der Waals surface area (Å²) in [5.74, 6) is 0.655. The number of nitrogens with one attached hydrogen (secondary N) is 1. The van der Waals surface area contributed by atoms with Crippen LogP contribution in [-0.4, -0.2) is 36.9 Å². The standard InChI is InChI=1S/C22H25ClN2O3/c1-22(21(27)24-14-16-5-3-6-19(13-16)28-2)11-4-12-25(15-22)20(26)17-7-9-18(23)10-8-17/h3,5-10,13H,4,11-12,14-15H2,1-2H3,(H,24,27)/t22-/m0/s1. The van der Waals surface area contributed by atoms with Gasteiger partial charge in [0, 0.05) is 30.2 Å². The van der Waals surface area contributed by atoms with E-state index < -0.39 is 5.41 Å². The molecule has 6 heteroatoms. The molecule has 1 fully saturated rings. The summed E-state index contributed by atoms with van der Waals surface area (Å²) >= 11 is 5.91. The maximum atomic E-state index is 12.9. The van der Waals surface area contributed by atoms with Gasteiger partial charge in [-0.2, -0.15) is 0 Å². The van der Waals surface area contributed by atoms with Gasteiger partial charge in [-0.05, 0) is 61.7 Å². The molecule has 0 bridgehead atoms. The molecule has 0 aromatic heterocycles. The molecule has 0 aliphatic carbocycles. The van der Waals surface area contributed by atoms with Crippen LogP contribution in [-0.2, 0) is 11.3 Å². The predicted molar refractivity (Wildman–Crippen MR) is 110 cm³/mol. The summed E-state index contributed by atoms with van der Waals surface area (Å²) in [6.07, 6.45) is 1.55. The third-order valence-corrected chi connectivity index (χ3v) is 5.46. The Morgan fingerprint density at radius 1 is 1.21 bits per heavy atom. The number of carbonyl (C=O) groups is 2. The van der Waals surface area contributed by atoms with Crippen molar-refractivity contribution in [2.24, 2.45) is 5.41 Å². The molecule has 28 heavy (non-hydrogen) atoms. The number of rotatable bonds is 5. The molecule has 0 unspecified atom stereocenters. The fourth-order valence-electron chi connectivity index (χ4n) is 3.55. The largest absolute Gasteiger partial charge is 0.497 e. The molecule has 2 aromatic carbocycles. The summed E-state index contributed by atoms with van der Waals surface area (Å²) in [5, 5.41) is 3.61. The highest BCUT2D eigenvalue weighted by Crippen LogP contribution is 2.31. The molecule has 0 radical (unpaired) electrons. The maximum absolute atomic E-state index is 12.9. The van der Waals surface area contributed by atoms with Crippen LogP contribution in [0.25, 0.3) is 0 Å². The van der Waals surface area contributed by atoms with Gasteiger partial charge in [-0.1, -0.05) is 23.7 Å². The molecular formula is C22H25ClN2O3. The van der Waals surface area contributed by atoms with Crippen molar-refractivity contribution in [2.75, 3.05) is 20.2 Å². The van der Waals surface area contributed by atoms with Gasteiger partial charge in [0.1, 0.15) is 5.75 Å². The summed E-state index contributed by atoms with van der Waals surface area (Å²) in [6, 6.07) is 14.5. The van der Waals surface area contributed by atoms with Crippen LogP contribution in [0.5, 0.6) is 5.75 Å². The van der Waals surface area contributed by atoms with E-state index in [4.69, 9.17) is 16.3 Å². The zero-order chi connectivity index (χ0) is 20.1. The van der Waals surface area contributed by atoms with Gasteiger partial charge in [0.15, 0.2) is 0 Å². The third-order valence-electron chi connectivity index (χ3n) is 5.21. The lowest BCUT2D eigenvalue weighted by Gasteiger charge is -2.39. The van der Waals surface area contributed by atoms with Crippen LogP contribution in [0.2, 0.25) is 5.02 Å². The number of ether oxygens (including phenoxy) is 1. The van der Waals surface area contributed by atoms with Crippen LogP contribution < -0.4 is 10.1 Å². The molecule has 1 atom stereocenters. The number of benzene rings is 2. The van der Waals surface area contributed by atoms with Crippen LogP contribution in [0.3, 0.4) is 0 Å². The minimum absolute atomic E-state index is 0.0380. The van der Waals surface area contributed by atoms with Crippen molar-refractivity contribution in [3.8, 4) is 5.75 Å². The molecule has 1 aliphatic rings. The highest BCUT2D eigenvalue weighted by molar-refractivity contribution is 6.30.